The first-order valence-electron chi connectivity index (χ1n) is 14.2. The maximum absolute atomic E-state index is 11.3. The van der Waals surface area contributed by atoms with Crippen molar-refractivity contribution >= 4 is 72.0 Å². The van der Waals surface area contributed by atoms with E-state index in [1.165, 1.54) is 0 Å². The van der Waals surface area contributed by atoms with Gasteiger partial charge in [-0.05, 0) is 54.8 Å². The normalized spacial score (nSPS) is 14.7. The molecule has 1 aliphatic heterocycles. The Hall–Kier alpha value is -3.39. The highest BCUT2D eigenvalue weighted by Gasteiger charge is 2.31. The zero-order chi connectivity index (χ0) is 32.4. The molecule has 238 valence electrons. The molecule has 0 saturated heterocycles. The number of oxazole rings is 1. The van der Waals surface area contributed by atoms with E-state index in [1.54, 1.807) is 24.3 Å². The summed E-state index contributed by atoms with van der Waals surface area (Å²) in [5.74, 6) is 0.111. The number of allylic oxidation sites excluding steroid dienone is 2. The molecule has 0 unspecified atom stereocenters. The van der Waals surface area contributed by atoms with Gasteiger partial charge >= 0.3 is 5.89 Å². The van der Waals surface area contributed by atoms with E-state index < -0.39 is 31.7 Å². The lowest BCUT2D eigenvalue weighted by atomic mass is 10.1. The monoisotopic (exact) mass is 690 g/mol. The first-order chi connectivity index (χ1) is 21.3. The van der Waals surface area contributed by atoms with Crippen LogP contribution in [0, 0.1) is 0 Å². The first kappa shape index (κ1) is 33.0. The zero-order valence-corrected chi connectivity index (χ0v) is 27.4. The average molecular weight is 692 g/mol. The molecule has 0 saturated carbocycles. The maximum atomic E-state index is 11.3. The molecular formula is C31H30Cl2N3O7S2-. The van der Waals surface area contributed by atoms with Gasteiger partial charge < -0.3 is 23.3 Å². The number of hydrogen-bond donors (Lipinski definition) is 0. The Labute approximate surface area is 272 Å². The molecule has 2 heterocycles. The van der Waals surface area contributed by atoms with E-state index in [0.717, 1.165) is 28.0 Å². The summed E-state index contributed by atoms with van der Waals surface area (Å²) in [6.45, 7) is 2.97. The van der Waals surface area contributed by atoms with Crippen molar-refractivity contribution in [2.75, 3.05) is 34.4 Å². The van der Waals surface area contributed by atoms with Crippen LogP contribution in [-0.2, 0) is 26.8 Å². The van der Waals surface area contributed by atoms with Crippen LogP contribution in [0.5, 0.6) is 0 Å². The summed E-state index contributed by atoms with van der Waals surface area (Å²) >= 11 is 12.7. The van der Waals surface area contributed by atoms with Crippen molar-refractivity contribution < 1.29 is 34.9 Å². The predicted octanol–water partition coefficient (Wildman–Crippen LogP) is 5.77. The Kier molecular flexibility index (Phi) is 9.92. The van der Waals surface area contributed by atoms with Crippen LogP contribution in [-0.4, -0.2) is 50.5 Å². The van der Waals surface area contributed by atoms with E-state index in [2.05, 4.69) is 0 Å². The average Bonchev–Trinajstić information content (AvgIpc) is 3.46. The lowest BCUT2D eigenvalue weighted by Crippen LogP contribution is -2.36. The summed E-state index contributed by atoms with van der Waals surface area (Å²) in [4.78, 5) is 3.88. The van der Waals surface area contributed by atoms with Crippen molar-refractivity contribution in [2.24, 2.45) is 0 Å². The summed E-state index contributed by atoms with van der Waals surface area (Å²) in [6.07, 6.45) is 5.52. The topological polar surface area (TPSA) is 138 Å². The number of hydrogen-bond acceptors (Lipinski definition) is 9. The molecular weight excluding hydrogens is 661 g/mol. The number of aromatic nitrogens is 1. The highest BCUT2D eigenvalue weighted by Crippen LogP contribution is 2.45. The van der Waals surface area contributed by atoms with Crippen molar-refractivity contribution in [1.82, 2.24) is 0 Å². The van der Waals surface area contributed by atoms with Crippen LogP contribution in [0.25, 0.3) is 28.3 Å². The van der Waals surface area contributed by atoms with Crippen molar-refractivity contribution in [3.63, 3.8) is 0 Å². The van der Waals surface area contributed by atoms with E-state index in [0.29, 0.717) is 33.9 Å². The molecule has 0 fully saturated rings. The Morgan fingerprint density at radius 1 is 0.844 bits per heavy atom. The number of nitrogens with zero attached hydrogens (tertiary/aromatic N) is 3. The highest BCUT2D eigenvalue weighted by atomic mass is 35.5. The SMILES string of the molecule is CCN1/C(=C/C=C/c2oc3ccc(-c4ccccc4)cc3[n+]2CCCS(=O)(=O)[O-])N(CCCS(=O)(=O)[O-])c2cc(Cl)c(Cl)cc21. The molecule has 0 N–H and O–H groups in total. The number of anilines is 2. The van der Waals surface area contributed by atoms with Crippen LogP contribution in [0.3, 0.4) is 0 Å². The van der Waals surface area contributed by atoms with Gasteiger partial charge in [-0.25, -0.2) is 16.8 Å². The smallest absolute Gasteiger partial charge is 0.374 e. The van der Waals surface area contributed by atoms with E-state index in [-0.39, 0.29) is 25.9 Å². The summed E-state index contributed by atoms with van der Waals surface area (Å²) in [7, 11) is -8.79. The Bertz CT molecular complexity index is 1990. The maximum Gasteiger partial charge on any atom is 0.374 e. The second-order valence-corrected chi connectivity index (χ2v) is 14.3. The third-order valence-corrected chi connectivity index (χ3v) is 9.64. The molecule has 10 nitrogen and oxygen atoms in total. The van der Waals surface area contributed by atoms with Gasteiger partial charge in [0.2, 0.25) is 5.58 Å². The molecule has 0 aliphatic carbocycles. The molecule has 0 radical (unpaired) electrons. The number of aryl methyl sites for hydroxylation is 1. The van der Waals surface area contributed by atoms with Crippen LogP contribution < -0.4 is 14.4 Å². The second kappa shape index (κ2) is 13.5. The molecule has 0 amide bonds. The number of halogens is 2. The zero-order valence-electron chi connectivity index (χ0n) is 24.2. The lowest BCUT2D eigenvalue weighted by molar-refractivity contribution is -0.677. The molecule has 4 aromatic rings. The molecule has 14 heteroatoms. The van der Waals surface area contributed by atoms with Gasteiger partial charge in [0.1, 0.15) is 5.82 Å². The third kappa shape index (κ3) is 7.89. The highest BCUT2D eigenvalue weighted by molar-refractivity contribution is 7.85. The fourth-order valence-electron chi connectivity index (χ4n) is 5.38. The number of benzene rings is 3. The molecule has 3 aromatic carbocycles. The van der Waals surface area contributed by atoms with Gasteiger partial charge in [-0.15, -0.1) is 0 Å². The Morgan fingerprint density at radius 2 is 1.49 bits per heavy atom. The second-order valence-electron chi connectivity index (χ2n) is 10.4. The fraction of sp³-hybridized carbons (Fsp3) is 0.258. The lowest BCUT2D eigenvalue weighted by Gasteiger charge is -2.24. The Morgan fingerprint density at radius 3 is 2.13 bits per heavy atom. The van der Waals surface area contributed by atoms with Crippen LogP contribution in [0.1, 0.15) is 25.7 Å². The van der Waals surface area contributed by atoms with Gasteiger partial charge in [0.05, 0.1) is 47.7 Å². The summed E-state index contributed by atoms with van der Waals surface area (Å²) in [5, 5.41) is 0.703. The minimum atomic E-state index is -4.40. The summed E-state index contributed by atoms with van der Waals surface area (Å²) in [6, 6.07) is 19.0. The molecule has 0 spiro atoms. The van der Waals surface area contributed by atoms with Crippen molar-refractivity contribution in [3.05, 3.63) is 94.6 Å². The molecule has 5 rings (SSSR count). The van der Waals surface area contributed by atoms with E-state index >= 15 is 0 Å². The summed E-state index contributed by atoms with van der Waals surface area (Å²) in [5.41, 5.74) is 4.77. The van der Waals surface area contributed by atoms with Gasteiger partial charge in [0.15, 0.2) is 6.54 Å². The van der Waals surface area contributed by atoms with Crippen LogP contribution in [0.4, 0.5) is 11.4 Å². The standard InChI is InChI=1S/C31H31Cl2N3O7S2/c1-2-34-26-20-24(32)25(33)21-27(26)35(15-7-17-44(37,38)39)30(34)11-6-12-31-36(16-8-18-45(40,41)42)28-19-23(13-14-29(28)43-31)22-9-4-3-5-10-22/h3-6,9-14,19-21H,2,7-8,15-18H2,1H3,(H-,37,38,39,40,41,42)/p-1. The van der Waals surface area contributed by atoms with E-state index in [4.69, 9.17) is 27.6 Å². The number of rotatable bonds is 12. The molecule has 0 atom stereocenters. The molecule has 1 aromatic heterocycles. The molecule has 0 bridgehead atoms. The van der Waals surface area contributed by atoms with Gasteiger partial charge in [-0.3, -0.25) is 0 Å². The largest absolute Gasteiger partial charge is 0.748 e. The van der Waals surface area contributed by atoms with Crippen molar-refractivity contribution in [3.8, 4) is 11.1 Å². The van der Waals surface area contributed by atoms with Gasteiger partial charge in [0.25, 0.3) is 5.52 Å². The van der Waals surface area contributed by atoms with Gasteiger partial charge in [-0.2, -0.15) is 4.57 Å². The van der Waals surface area contributed by atoms with Crippen molar-refractivity contribution in [1.29, 1.82) is 0 Å². The van der Waals surface area contributed by atoms with E-state index in [9.17, 15) is 25.9 Å². The fourth-order valence-corrected chi connectivity index (χ4v) is 6.66. The van der Waals surface area contributed by atoms with Gasteiger partial charge in [-0.1, -0.05) is 59.6 Å². The number of fused-ring (bicyclic) bond motifs is 2. The van der Waals surface area contributed by atoms with Crippen LogP contribution in [0.2, 0.25) is 10.0 Å². The minimum absolute atomic E-state index is 0.0967. The van der Waals surface area contributed by atoms with Crippen LogP contribution in [0.15, 0.2) is 83.1 Å². The van der Waals surface area contributed by atoms with Crippen molar-refractivity contribution in [2.45, 2.75) is 26.3 Å². The predicted molar refractivity (Wildman–Crippen MR) is 174 cm³/mol. The van der Waals surface area contributed by atoms with E-state index in [1.807, 2.05) is 75.9 Å². The third-order valence-electron chi connectivity index (χ3n) is 7.34. The Balaban J connectivity index is 1.53. The first-order valence-corrected chi connectivity index (χ1v) is 18.1. The molecule has 1 aliphatic rings. The minimum Gasteiger partial charge on any atom is -0.748 e. The molecule has 45 heavy (non-hydrogen) atoms. The van der Waals surface area contributed by atoms with Crippen LogP contribution >= 0.6 is 23.2 Å². The summed E-state index contributed by atoms with van der Waals surface area (Å²) < 4.78 is 75.9. The quantitative estimate of drug-likeness (QED) is 0.134. The van der Waals surface area contributed by atoms with Gasteiger partial charge in [0, 0.05) is 37.1 Å².